The second-order valence-electron chi connectivity index (χ2n) is 11.8. The molecule has 0 aromatic carbocycles. The average molecular weight is 623 g/mol. The third-order valence-corrected chi connectivity index (χ3v) is 10.3. The summed E-state index contributed by atoms with van der Waals surface area (Å²) in [5.41, 5.74) is -2.05. The molecule has 1 fully saturated rings. The summed E-state index contributed by atoms with van der Waals surface area (Å²) in [7, 11) is -4.00. The molecule has 1 aromatic rings. The lowest BCUT2D eigenvalue weighted by Gasteiger charge is -2.21. The minimum Gasteiger partial charge on any atom is -0.354 e. The largest absolute Gasteiger partial charge is 0.474 e. The van der Waals surface area contributed by atoms with Crippen LogP contribution in [0.5, 0.6) is 0 Å². The number of nitrogens with zero attached hydrogens (tertiary/aromatic N) is 1. The van der Waals surface area contributed by atoms with Crippen molar-refractivity contribution < 1.29 is 32.5 Å². The maximum atomic E-state index is 13.4. The van der Waals surface area contributed by atoms with Gasteiger partial charge < -0.3 is 4.74 Å². The van der Waals surface area contributed by atoms with E-state index < -0.39 is 36.1 Å². The molecule has 1 saturated heterocycles. The topological polar surface area (TPSA) is 143 Å². The Kier molecular flexibility index (Phi) is 12.9. The molecule has 1 aromatic heterocycles. The summed E-state index contributed by atoms with van der Waals surface area (Å²) in [5.74, 6) is 0.552. The number of carbonyl (C=O) groups excluding carboxylic acids is 2. The zero-order valence-corrected chi connectivity index (χ0v) is 27.1. The maximum absolute atomic E-state index is 13.4. The third kappa shape index (κ3) is 10.6. The zero-order chi connectivity index (χ0) is 30.3. The van der Waals surface area contributed by atoms with Crippen molar-refractivity contribution in [3.63, 3.8) is 0 Å². The third-order valence-electron chi connectivity index (χ3n) is 6.31. The molecule has 228 valence electrons. The van der Waals surface area contributed by atoms with Crippen LogP contribution in [0.3, 0.4) is 0 Å². The molecule has 4 atom stereocenters. The number of carbonyl (C=O) groups is 2. The maximum Gasteiger partial charge on any atom is 0.474 e. The number of aromatic nitrogens is 2. The lowest BCUT2D eigenvalue weighted by molar-refractivity contribution is -0.118. The van der Waals surface area contributed by atoms with Crippen molar-refractivity contribution >= 4 is 41.6 Å². The van der Waals surface area contributed by atoms with E-state index in [0.29, 0.717) is 6.42 Å². The fraction of sp³-hybridized carbons (Fsp3) is 0.769. The van der Waals surface area contributed by atoms with Gasteiger partial charge in [-0.05, 0) is 12.3 Å². The van der Waals surface area contributed by atoms with Crippen molar-refractivity contribution in [2.45, 2.75) is 74.1 Å². The standard InChI is InChI=1S/C26H43N2O9PS2/c1-17-18(2)21(28-11-9-20(29)27-24(28)32)37-19(17)10-12-34-38(33,35-13-15-39-22(30)25(3,4)5)36-14-16-40-23(31)26(6,7)8/h9,11,17-19,21H,10,12-16H2,1-8H3,(H,27,29,32)/t17?,18-,19+,21+/m0/s1. The quantitative estimate of drug-likeness (QED) is 0.238. The number of hydrogen-bond acceptors (Lipinski definition) is 11. The predicted octanol–water partition coefficient (Wildman–Crippen LogP) is 4.87. The summed E-state index contributed by atoms with van der Waals surface area (Å²) < 4.78 is 37.6. The van der Waals surface area contributed by atoms with Gasteiger partial charge in [0.1, 0.15) is 6.23 Å². The number of hydrogen-bond donors (Lipinski definition) is 1. The van der Waals surface area contributed by atoms with Gasteiger partial charge >= 0.3 is 13.5 Å². The Morgan fingerprint density at radius 3 is 1.90 bits per heavy atom. The van der Waals surface area contributed by atoms with Crippen molar-refractivity contribution in [3.05, 3.63) is 33.1 Å². The van der Waals surface area contributed by atoms with E-state index in [1.807, 2.05) is 55.4 Å². The summed E-state index contributed by atoms with van der Waals surface area (Å²) in [6, 6.07) is 1.27. The van der Waals surface area contributed by atoms with E-state index in [2.05, 4.69) is 4.98 Å². The van der Waals surface area contributed by atoms with Gasteiger partial charge in [-0.2, -0.15) is 0 Å². The summed E-state index contributed by atoms with van der Waals surface area (Å²) in [6.45, 7) is 14.8. The summed E-state index contributed by atoms with van der Waals surface area (Å²) >= 11 is 2.18. The highest BCUT2D eigenvalue weighted by atomic mass is 32.2. The Morgan fingerprint density at radius 1 is 0.925 bits per heavy atom. The van der Waals surface area contributed by atoms with Crippen LogP contribution in [0.1, 0.15) is 68.0 Å². The number of phosphoric ester groups is 1. The fourth-order valence-corrected chi connectivity index (χ4v) is 6.69. The van der Waals surface area contributed by atoms with Crippen LogP contribution >= 0.6 is 31.3 Å². The van der Waals surface area contributed by atoms with E-state index in [4.69, 9.17) is 18.3 Å². The molecule has 2 heterocycles. The zero-order valence-electron chi connectivity index (χ0n) is 24.6. The first-order chi connectivity index (χ1) is 18.4. The number of H-pyrrole nitrogens is 1. The molecule has 0 saturated carbocycles. The van der Waals surface area contributed by atoms with Gasteiger partial charge in [0.05, 0.1) is 25.9 Å². The van der Waals surface area contributed by atoms with Crippen molar-refractivity contribution in [1.29, 1.82) is 0 Å². The second-order valence-corrected chi connectivity index (χ2v) is 15.6. The van der Waals surface area contributed by atoms with Crippen LogP contribution in [0.15, 0.2) is 21.9 Å². The van der Waals surface area contributed by atoms with Crippen molar-refractivity contribution in [1.82, 2.24) is 9.55 Å². The van der Waals surface area contributed by atoms with Gasteiger partial charge in [-0.3, -0.25) is 37.5 Å². The van der Waals surface area contributed by atoms with E-state index in [-0.39, 0.29) is 59.5 Å². The van der Waals surface area contributed by atoms with Gasteiger partial charge in [0.25, 0.3) is 5.56 Å². The Labute approximate surface area is 244 Å². The van der Waals surface area contributed by atoms with Crippen molar-refractivity contribution in [2.75, 3.05) is 31.3 Å². The first-order valence-corrected chi connectivity index (χ1v) is 16.7. The number of thioether (sulfide) groups is 2. The molecule has 11 nitrogen and oxygen atoms in total. The van der Waals surface area contributed by atoms with Gasteiger partial charge in [-0.15, -0.1) is 0 Å². The SMILES string of the molecule is CC1[C@@H](CCOP(=O)(OCCSC(=O)C(C)(C)C)OCCSC(=O)C(C)(C)C)O[C@@H](n2ccc(=O)[nH]c2=O)[C@H]1C. The van der Waals surface area contributed by atoms with Gasteiger partial charge in [-0.25, -0.2) is 9.36 Å². The molecule has 1 aliphatic rings. The molecule has 0 bridgehead atoms. The molecule has 1 unspecified atom stereocenters. The highest BCUT2D eigenvalue weighted by Gasteiger charge is 2.40. The Hall–Kier alpha value is -1.21. The van der Waals surface area contributed by atoms with Gasteiger partial charge in [0.15, 0.2) is 10.2 Å². The normalized spacial score (nSPS) is 22.0. The van der Waals surface area contributed by atoms with E-state index in [1.165, 1.54) is 16.8 Å². The fourth-order valence-electron chi connectivity index (χ4n) is 3.70. The smallest absolute Gasteiger partial charge is 0.354 e. The number of ether oxygens (including phenoxy) is 1. The number of aromatic amines is 1. The summed E-state index contributed by atoms with van der Waals surface area (Å²) in [4.78, 5) is 50.3. The van der Waals surface area contributed by atoms with Crippen LogP contribution < -0.4 is 11.2 Å². The minimum absolute atomic E-state index is 0.00558. The lowest BCUT2D eigenvalue weighted by atomic mass is 9.91. The molecular weight excluding hydrogens is 579 g/mol. The van der Waals surface area contributed by atoms with Gasteiger partial charge in [0, 0.05) is 40.5 Å². The number of rotatable bonds is 13. The number of phosphoric acid groups is 1. The van der Waals surface area contributed by atoms with Crippen LogP contribution in [-0.2, 0) is 32.5 Å². The van der Waals surface area contributed by atoms with Crippen LogP contribution in [0.2, 0.25) is 0 Å². The molecule has 0 radical (unpaired) electrons. The molecule has 40 heavy (non-hydrogen) atoms. The Bertz CT molecular complexity index is 1130. The lowest BCUT2D eigenvalue weighted by Crippen LogP contribution is -2.33. The highest BCUT2D eigenvalue weighted by molar-refractivity contribution is 8.14. The average Bonchev–Trinajstić information content (AvgIpc) is 3.11. The first kappa shape index (κ1) is 35.0. The molecule has 2 rings (SSSR count). The van der Waals surface area contributed by atoms with Gasteiger partial charge in [-0.1, -0.05) is 78.9 Å². The molecule has 14 heteroatoms. The Balaban J connectivity index is 1.97. The first-order valence-electron chi connectivity index (χ1n) is 13.3. The predicted molar refractivity (Wildman–Crippen MR) is 157 cm³/mol. The molecule has 0 amide bonds. The van der Waals surface area contributed by atoms with Crippen LogP contribution in [0.4, 0.5) is 0 Å². The molecule has 0 spiro atoms. The van der Waals surface area contributed by atoms with Crippen molar-refractivity contribution in [3.8, 4) is 0 Å². The Morgan fingerprint density at radius 2 is 1.43 bits per heavy atom. The minimum atomic E-state index is -4.00. The van der Waals surface area contributed by atoms with Crippen LogP contribution in [0, 0.1) is 22.7 Å². The highest BCUT2D eigenvalue weighted by Crippen LogP contribution is 2.50. The van der Waals surface area contributed by atoms with E-state index >= 15 is 0 Å². The summed E-state index contributed by atoms with van der Waals surface area (Å²) in [5, 5.41) is -0.0231. The van der Waals surface area contributed by atoms with E-state index in [9.17, 15) is 23.7 Å². The van der Waals surface area contributed by atoms with E-state index in [1.54, 1.807) is 0 Å². The molecular formula is C26H43N2O9PS2. The van der Waals surface area contributed by atoms with Crippen LogP contribution in [0.25, 0.3) is 0 Å². The molecule has 0 aliphatic carbocycles. The number of nitrogens with one attached hydrogen (secondary N) is 1. The summed E-state index contributed by atoms with van der Waals surface area (Å²) in [6.07, 6.45) is 0.880. The second kappa shape index (κ2) is 14.8. The molecule has 1 N–H and O–H groups in total. The van der Waals surface area contributed by atoms with Crippen LogP contribution in [-0.4, -0.2) is 57.2 Å². The van der Waals surface area contributed by atoms with E-state index in [0.717, 1.165) is 23.5 Å². The van der Waals surface area contributed by atoms with Crippen molar-refractivity contribution in [2.24, 2.45) is 22.7 Å². The van der Waals surface area contributed by atoms with Gasteiger partial charge in [0.2, 0.25) is 0 Å². The monoisotopic (exact) mass is 622 g/mol. The molecule has 1 aliphatic heterocycles.